The molecule has 0 amide bonds. The van der Waals surface area contributed by atoms with Gasteiger partial charge in [0.2, 0.25) is 0 Å². The Balaban J connectivity index is 0. The van der Waals surface area contributed by atoms with Crippen LogP contribution in [0.2, 0.25) is 6.55 Å². The molecule has 0 saturated heterocycles. The third-order valence-corrected chi connectivity index (χ3v) is 7.76. The van der Waals surface area contributed by atoms with Gasteiger partial charge < -0.3 is 31.0 Å². The van der Waals surface area contributed by atoms with Crippen molar-refractivity contribution in [3.8, 4) is 0 Å². The monoisotopic (exact) mass is 418 g/mol. The molecular weight excluding hydrogens is 380 g/mol. The van der Waals surface area contributed by atoms with E-state index < -0.39 is 17.9 Å². The van der Waals surface area contributed by atoms with Crippen LogP contribution in [-0.2, 0) is 31.0 Å². The van der Waals surface area contributed by atoms with E-state index in [1.54, 1.807) is 0 Å². The molecule has 1 atom stereocenters. The molecule has 0 spiro atoms. The highest BCUT2D eigenvalue weighted by atomic mass is 32.1. The summed E-state index contributed by atoms with van der Waals surface area (Å²) in [7, 11) is -5.18. The first kappa shape index (κ1) is 27.7. The molecule has 1 unspecified atom stereocenters. The van der Waals surface area contributed by atoms with Gasteiger partial charge in [-0.15, -0.1) is 12.6 Å². The third-order valence-electron chi connectivity index (χ3n) is 2.48. The molecular formula is C15H38O7SSi2. The van der Waals surface area contributed by atoms with Gasteiger partial charge in [0.15, 0.2) is 0 Å². The minimum absolute atomic E-state index is 0.139. The van der Waals surface area contributed by atoms with Gasteiger partial charge in [-0.05, 0) is 48.5 Å². The Labute approximate surface area is 161 Å². The van der Waals surface area contributed by atoms with Gasteiger partial charge in [-0.1, -0.05) is 0 Å². The quantitative estimate of drug-likeness (QED) is 0.263. The molecule has 0 rings (SSSR count). The number of rotatable bonds is 14. The second kappa shape index (κ2) is 16.7. The van der Waals surface area contributed by atoms with Crippen LogP contribution in [0, 0.1) is 0 Å². The van der Waals surface area contributed by atoms with Gasteiger partial charge in [0.25, 0.3) is 0 Å². The number of hydrogen-bond acceptors (Lipinski definition) is 8. The molecule has 7 nitrogen and oxygen atoms in total. The zero-order valence-corrected chi connectivity index (χ0v) is 20.0. The van der Waals surface area contributed by atoms with E-state index in [0.717, 1.165) is 0 Å². The minimum atomic E-state index is -2.80. The Morgan fingerprint density at radius 3 is 1.12 bits per heavy atom. The molecule has 0 fully saturated rings. The van der Waals surface area contributed by atoms with E-state index in [4.69, 9.17) is 31.0 Å². The van der Waals surface area contributed by atoms with Crippen LogP contribution in [0.3, 0.4) is 0 Å². The van der Waals surface area contributed by atoms with Crippen LogP contribution in [0.4, 0.5) is 0 Å². The van der Waals surface area contributed by atoms with Crippen molar-refractivity contribution in [2.24, 2.45) is 0 Å². The van der Waals surface area contributed by atoms with E-state index in [1.165, 1.54) is 0 Å². The Morgan fingerprint density at radius 2 is 0.920 bits per heavy atom. The first-order valence-electron chi connectivity index (χ1n) is 8.97. The molecule has 0 aliphatic carbocycles. The Hall–Kier alpha value is 0.504. The summed E-state index contributed by atoms with van der Waals surface area (Å²) in [6.45, 7) is 18.6. The highest BCUT2D eigenvalue weighted by molar-refractivity contribution is 7.80. The topological polar surface area (TPSA) is 64.6 Å². The average Bonchev–Trinajstić information content (AvgIpc) is 2.48. The summed E-state index contributed by atoms with van der Waals surface area (Å²) >= 11 is 4.13. The molecule has 0 aromatic carbocycles. The van der Waals surface area contributed by atoms with Gasteiger partial charge >= 0.3 is 17.9 Å². The van der Waals surface area contributed by atoms with Crippen LogP contribution < -0.4 is 0 Å². The molecule has 0 radical (unpaired) electrons. The average molecular weight is 419 g/mol. The predicted octanol–water partition coefficient (Wildman–Crippen LogP) is 3.49. The lowest BCUT2D eigenvalue weighted by molar-refractivity contribution is -0.0247. The standard InChI is InChI=1S/C8H20O4Si.C7H18O3SSi/c1-5-9-13(10-6-2,11-7-3)12-8-4;1-5-8-12(4,9-6-2)10-7(3)11/h5-8H2,1-4H3;7,11H,5-6H2,1-4H3. The maximum atomic E-state index is 5.48. The second-order valence-electron chi connectivity index (χ2n) is 4.68. The van der Waals surface area contributed by atoms with Crippen LogP contribution >= 0.6 is 12.6 Å². The summed E-state index contributed by atoms with van der Waals surface area (Å²) in [5.41, 5.74) is -0.139. The van der Waals surface area contributed by atoms with Crippen LogP contribution in [0.5, 0.6) is 0 Å². The van der Waals surface area contributed by atoms with E-state index in [1.807, 2.05) is 55.0 Å². The Bertz CT molecular complexity index is 264. The molecule has 0 aliphatic heterocycles. The van der Waals surface area contributed by atoms with Crippen molar-refractivity contribution in [1.29, 1.82) is 0 Å². The smallest absolute Gasteiger partial charge is 0.374 e. The first-order valence-corrected chi connectivity index (χ1v) is 13.3. The molecule has 0 saturated carbocycles. The summed E-state index contributed by atoms with van der Waals surface area (Å²) < 4.78 is 38.0. The van der Waals surface area contributed by atoms with Crippen LogP contribution in [0.25, 0.3) is 0 Å². The summed E-state index contributed by atoms with van der Waals surface area (Å²) in [5, 5.41) is 0. The van der Waals surface area contributed by atoms with Gasteiger partial charge in [0, 0.05) is 46.2 Å². The number of thiol groups is 1. The highest BCUT2D eigenvalue weighted by Crippen LogP contribution is 2.13. The fourth-order valence-corrected chi connectivity index (χ4v) is 6.28. The van der Waals surface area contributed by atoms with E-state index in [-0.39, 0.29) is 5.44 Å². The molecule has 0 aliphatic rings. The number of hydrogen-bond donors (Lipinski definition) is 1. The molecule has 0 bridgehead atoms. The molecule has 154 valence electrons. The fourth-order valence-electron chi connectivity index (χ4n) is 1.90. The van der Waals surface area contributed by atoms with Crippen molar-refractivity contribution in [2.75, 3.05) is 39.6 Å². The summed E-state index contributed by atoms with van der Waals surface area (Å²) in [6, 6.07) is 0. The second-order valence-corrected chi connectivity index (χ2v) is 10.1. The van der Waals surface area contributed by atoms with Crippen LogP contribution in [0.1, 0.15) is 48.5 Å². The van der Waals surface area contributed by atoms with Crippen LogP contribution in [0.15, 0.2) is 0 Å². The first-order chi connectivity index (χ1) is 11.8. The van der Waals surface area contributed by atoms with E-state index in [0.29, 0.717) is 39.6 Å². The lowest BCUT2D eigenvalue weighted by Gasteiger charge is -2.26. The van der Waals surface area contributed by atoms with E-state index in [2.05, 4.69) is 12.6 Å². The van der Waals surface area contributed by atoms with Gasteiger partial charge in [0.05, 0.1) is 5.44 Å². The largest absolute Gasteiger partial charge is 0.679 e. The van der Waals surface area contributed by atoms with Crippen molar-refractivity contribution in [3.05, 3.63) is 0 Å². The maximum Gasteiger partial charge on any atom is 0.679 e. The predicted molar refractivity (Wildman–Crippen MR) is 107 cm³/mol. The van der Waals surface area contributed by atoms with Gasteiger partial charge in [0.1, 0.15) is 0 Å². The summed E-state index contributed by atoms with van der Waals surface area (Å²) in [5.74, 6) is 0. The highest BCUT2D eigenvalue weighted by Gasteiger charge is 2.44. The molecule has 0 N–H and O–H groups in total. The molecule has 25 heavy (non-hydrogen) atoms. The zero-order chi connectivity index (χ0) is 19.8. The molecule has 0 aromatic rings. The lowest BCUT2D eigenvalue weighted by Crippen LogP contribution is -2.49. The Kier molecular flexibility index (Phi) is 18.5. The SMILES string of the molecule is CCO[Si](C)(OCC)OC(C)S.CCO[Si](OCC)(OCC)OCC. The third kappa shape index (κ3) is 14.3. The van der Waals surface area contributed by atoms with Crippen molar-refractivity contribution >= 4 is 30.5 Å². The normalized spacial score (nSPS) is 13.3. The minimum Gasteiger partial charge on any atom is -0.374 e. The maximum absolute atomic E-state index is 5.48. The van der Waals surface area contributed by atoms with Gasteiger partial charge in [-0.3, -0.25) is 0 Å². The lowest BCUT2D eigenvalue weighted by atomic mass is 10.9. The molecule has 10 heteroatoms. The van der Waals surface area contributed by atoms with Gasteiger partial charge in [-0.2, -0.15) is 0 Å². The Morgan fingerprint density at radius 1 is 0.640 bits per heavy atom. The zero-order valence-electron chi connectivity index (χ0n) is 17.1. The van der Waals surface area contributed by atoms with Crippen molar-refractivity contribution < 1.29 is 31.0 Å². The van der Waals surface area contributed by atoms with E-state index >= 15 is 0 Å². The summed E-state index contributed by atoms with van der Waals surface area (Å²) in [6.07, 6.45) is 0. The van der Waals surface area contributed by atoms with Crippen molar-refractivity contribution in [3.63, 3.8) is 0 Å². The fraction of sp³-hybridized carbons (Fsp3) is 1.00. The van der Waals surface area contributed by atoms with Gasteiger partial charge in [-0.25, -0.2) is 0 Å². The van der Waals surface area contributed by atoms with Crippen molar-refractivity contribution in [2.45, 2.75) is 60.4 Å². The summed E-state index contributed by atoms with van der Waals surface area (Å²) in [4.78, 5) is 0. The van der Waals surface area contributed by atoms with Crippen molar-refractivity contribution in [1.82, 2.24) is 0 Å². The van der Waals surface area contributed by atoms with Crippen LogP contribution in [-0.4, -0.2) is 62.9 Å². The molecule has 0 aromatic heterocycles. The van der Waals surface area contributed by atoms with E-state index in [9.17, 15) is 0 Å². The molecule has 0 heterocycles.